The molecule has 0 aliphatic carbocycles. The van der Waals surface area contributed by atoms with E-state index in [1.165, 1.54) is 0 Å². The lowest BCUT2D eigenvalue weighted by Gasteiger charge is -2.40. The van der Waals surface area contributed by atoms with Crippen molar-refractivity contribution in [2.24, 2.45) is 5.41 Å². The maximum atomic E-state index is 15.0. The van der Waals surface area contributed by atoms with Crippen LogP contribution in [0.4, 0.5) is 0 Å². The summed E-state index contributed by atoms with van der Waals surface area (Å²) in [6.07, 6.45) is 0. The average molecular weight is 1900 g/mol. The number of aromatic carboxylic acids is 3. The Kier molecular flexibility index (Phi) is 35.9. The fourth-order valence-corrected chi connectivity index (χ4v) is 18.2. The number of carbonyl (C=O) groups is 6. The molecule has 0 fully saturated rings. The molecule has 0 spiro atoms. The summed E-state index contributed by atoms with van der Waals surface area (Å²) in [6, 6.07) is 9.79. The molecule has 137 heavy (non-hydrogen) atoms. The van der Waals surface area contributed by atoms with Crippen molar-refractivity contribution in [3.05, 3.63) is 170 Å². The lowest BCUT2D eigenvalue weighted by Crippen LogP contribution is -2.34. The van der Waals surface area contributed by atoms with Gasteiger partial charge < -0.3 is 60.2 Å². The first kappa shape index (κ1) is 123. The highest BCUT2D eigenvalue weighted by molar-refractivity contribution is 6.01. The van der Waals surface area contributed by atoms with E-state index in [2.05, 4.69) is 249 Å². The summed E-state index contributed by atoms with van der Waals surface area (Å²) in [4.78, 5) is 81.5. The summed E-state index contributed by atoms with van der Waals surface area (Å²) in [7, 11) is 0. The predicted molar refractivity (Wildman–Crippen MR) is 565 cm³/mol. The third-order valence-corrected chi connectivity index (χ3v) is 24.6. The number of phenolic OH excluding ortho intramolecular Hbond substituents is 3. The van der Waals surface area contributed by atoms with Crippen molar-refractivity contribution in [2.75, 3.05) is 19.8 Å². The number of carbonyl (C=O) groups excluding carboxylic acids is 3. The minimum Gasteiger partial charge on any atom is -0.507 e. The fourth-order valence-electron chi connectivity index (χ4n) is 18.2. The van der Waals surface area contributed by atoms with E-state index in [0.717, 1.165) is 66.8 Å². The van der Waals surface area contributed by atoms with Crippen LogP contribution in [0.2, 0.25) is 0 Å². The minimum absolute atomic E-state index is 0.162. The van der Waals surface area contributed by atoms with Gasteiger partial charge in [-0.3, -0.25) is 0 Å². The van der Waals surface area contributed by atoms with Gasteiger partial charge in [0, 0.05) is 72.2 Å². The van der Waals surface area contributed by atoms with E-state index in [1.54, 1.807) is 43.3 Å². The molecule has 6 aromatic carbocycles. The van der Waals surface area contributed by atoms with Crippen molar-refractivity contribution in [1.29, 1.82) is 0 Å². The van der Waals surface area contributed by atoms with Crippen molar-refractivity contribution in [3.63, 3.8) is 0 Å². The Morgan fingerprint density at radius 2 is 0.307 bits per heavy atom. The highest BCUT2D eigenvalue weighted by atomic mass is 16.5. The van der Waals surface area contributed by atoms with Gasteiger partial charge in [0.05, 0.1) is 53.2 Å². The second kappa shape index (κ2) is 40.1. The van der Waals surface area contributed by atoms with Crippen molar-refractivity contribution in [2.45, 2.75) is 478 Å². The van der Waals surface area contributed by atoms with Crippen LogP contribution >= 0.6 is 0 Å². The third-order valence-electron chi connectivity index (χ3n) is 24.6. The van der Waals surface area contributed by atoms with Crippen molar-refractivity contribution in [3.8, 4) is 34.5 Å². The molecule has 6 aromatic rings. The number of carboxylic acids is 3. The summed E-state index contributed by atoms with van der Waals surface area (Å²) in [5, 5.41) is 91.7. The Balaban J connectivity index is 0.000000507. The smallest absolute Gasteiger partial charge is 0.344 e. The number of hydrogen-bond acceptors (Lipinski definition) is 15. The van der Waals surface area contributed by atoms with Crippen LogP contribution in [-0.4, -0.2) is 102 Å². The standard InChI is InChI=1S/3C38H58O5.C5H12O3/c3*1-33(2,3)22-19-21(31(40)41)20-23(34(4,5)6)30(22)43-32(42)24-25(35(7,8)9)27(37(13,14)15)29(39)28(38(16,17)18)26(24)36(10,11)12;1-5(2-6,3-7)4-8/h3*19-20,39H,1-18H3,(H,40,41);6-8H,2-4H2,1H3. The molecule has 0 saturated carbocycles. The molecule has 0 aliphatic heterocycles. The van der Waals surface area contributed by atoms with Crippen LogP contribution in [0.25, 0.3) is 0 Å². The van der Waals surface area contributed by atoms with E-state index in [1.807, 2.05) is 125 Å². The number of carboxylic acid groups (broad SMARTS) is 3. The summed E-state index contributed by atoms with van der Waals surface area (Å²) < 4.78 is 19.8. The lowest BCUT2D eigenvalue weighted by atomic mass is 9.64. The first-order chi connectivity index (χ1) is 60.2. The third kappa shape index (κ3) is 28.7. The highest BCUT2D eigenvalue weighted by Crippen LogP contribution is 2.58. The van der Waals surface area contributed by atoms with Gasteiger partial charge in [-0.2, -0.15) is 0 Å². The highest BCUT2D eigenvalue weighted by Gasteiger charge is 2.49. The molecular weight excluding hydrogens is 1720 g/mol. The lowest BCUT2D eigenvalue weighted by molar-refractivity contribution is 0.0200. The molecule has 0 aromatic heterocycles. The maximum Gasteiger partial charge on any atom is 0.344 e. The van der Waals surface area contributed by atoms with E-state index in [9.17, 15) is 59.4 Å². The normalized spacial score (nSPS) is 13.6. The van der Waals surface area contributed by atoms with Gasteiger partial charge in [-0.25, -0.2) is 28.8 Å². The Bertz CT molecular complexity index is 4680. The van der Waals surface area contributed by atoms with Gasteiger partial charge in [0.2, 0.25) is 0 Å². The zero-order valence-electron chi connectivity index (χ0n) is 95.8. The summed E-state index contributed by atoms with van der Waals surface area (Å²) in [5.74, 6) is -2.65. The van der Waals surface area contributed by atoms with E-state index in [-0.39, 0.29) is 53.8 Å². The first-order valence-corrected chi connectivity index (χ1v) is 48.8. The molecule has 0 aliphatic rings. The minimum atomic E-state index is -1.03. The first-order valence-electron chi connectivity index (χ1n) is 48.8. The Hall–Kier alpha value is -8.58. The fraction of sp³-hybridized carbons (Fsp3) is 0.647. The number of rotatable bonds is 12. The molecule has 770 valence electrons. The molecule has 0 unspecified atom stereocenters. The number of ether oxygens (including phenoxy) is 3. The van der Waals surface area contributed by atoms with Gasteiger partial charge in [-0.1, -0.05) is 381 Å². The van der Waals surface area contributed by atoms with Crippen LogP contribution in [-0.2, 0) is 97.5 Å². The van der Waals surface area contributed by atoms with E-state index >= 15 is 0 Å². The largest absolute Gasteiger partial charge is 0.507 e. The zero-order chi connectivity index (χ0) is 109. The second-order valence-electron chi connectivity index (χ2n) is 57.2. The Morgan fingerprint density at radius 3 is 0.380 bits per heavy atom. The molecule has 18 nitrogen and oxygen atoms in total. The van der Waals surface area contributed by atoms with Crippen LogP contribution in [0.15, 0.2) is 36.4 Å². The van der Waals surface area contributed by atoms with E-state index in [4.69, 9.17) is 29.5 Å². The number of benzene rings is 6. The zero-order valence-corrected chi connectivity index (χ0v) is 95.8. The van der Waals surface area contributed by atoms with Gasteiger partial charge in [0.15, 0.2) is 0 Å². The number of hydrogen-bond donors (Lipinski definition) is 9. The van der Waals surface area contributed by atoms with Gasteiger partial charge in [0.25, 0.3) is 0 Å². The van der Waals surface area contributed by atoms with Crippen LogP contribution in [0.5, 0.6) is 34.5 Å². The van der Waals surface area contributed by atoms with Gasteiger partial charge >= 0.3 is 35.8 Å². The Labute approximate surface area is 827 Å². The van der Waals surface area contributed by atoms with Crippen LogP contribution in [0, 0.1) is 5.41 Å². The maximum absolute atomic E-state index is 15.0. The Morgan fingerprint density at radius 1 is 0.197 bits per heavy atom. The molecule has 18 heteroatoms. The molecule has 6 rings (SSSR count). The number of aromatic hydroxyl groups is 3. The molecule has 0 radical (unpaired) electrons. The molecule has 0 heterocycles. The topological polar surface area (TPSA) is 312 Å². The van der Waals surface area contributed by atoms with E-state index < -0.39 is 139 Å². The van der Waals surface area contributed by atoms with Gasteiger partial charge in [0.1, 0.15) is 34.5 Å². The van der Waals surface area contributed by atoms with Gasteiger partial charge in [-0.15, -0.1) is 0 Å². The monoisotopic (exact) mass is 1900 g/mol. The average Bonchev–Trinajstić information content (AvgIpc) is 0.717. The van der Waals surface area contributed by atoms with Crippen LogP contribution in [0.3, 0.4) is 0 Å². The summed E-state index contributed by atoms with van der Waals surface area (Å²) in [6.45, 7) is 111. The number of aliphatic hydroxyl groups excluding tert-OH is 3. The van der Waals surface area contributed by atoms with Crippen molar-refractivity contribution < 1.29 is 88.9 Å². The van der Waals surface area contributed by atoms with Crippen molar-refractivity contribution >= 4 is 35.8 Å². The molecule has 0 amide bonds. The predicted octanol–water partition coefficient (Wildman–Crippen LogP) is 29.3. The molecule has 0 atom stereocenters. The quantitative estimate of drug-likeness (QED) is 0.0406. The number of phenols is 3. The summed E-state index contributed by atoms with van der Waals surface area (Å²) in [5.41, 5.74) is 5.28. The molecule has 9 N–H and O–H groups in total. The molecular formula is C119H186O18. The van der Waals surface area contributed by atoms with E-state index in [0.29, 0.717) is 67.3 Å². The van der Waals surface area contributed by atoms with Crippen molar-refractivity contribution in [1.82, 2.24) is 0 Å². The SMILES string of the molecule is CC(C)(C)c1cc(C(=O)O)cc(C(C)(C)C)c1OC(=O)c1c(C(C)(C)C)c(C(C)(C)C)c(O)c(C(C)(C)C)c1C(C)(C)C.CC(C)(C)c1cc(C(=O)O)cc(C(C)(C)C)c1OC(=O)c1c(C(C)(C)C)c(C(C)(C)C)c(O)c(C(C)(C)C)c1C(C)(C)C.CC(C)(C)c1cc(C(=O)O)cc(C(C)(C)C)c1OC(=O)c1c(C(C)(C)C)c(C(C)(C)C)c(O)c(C(C)(C)C)c1C(C)(C)C.CC(CO)(CO)CO. The molecule has 0 bridgehead atoms. The number of aliphatic hydroxyl groups is 3. The van der Waals surface area contributed by atoms with Crippen LogP contribution in [0.1, 0.15) is 543 Å². The second-order valence-corrected chi connectivity index (χ2v) is 57.2. The molecule has 0 saturated heterocycles. The number of esters is 3. The van der Waals surface area contributed by atoms with Crippen LogP contribution < -0.4 is 14.2 Å². The van der Waals surface area contributed by atoms with Gasteiger partial charge in [-0.05, 0) is 167 Å². The summed E-state index contributed by atoms with van der Waals surface area (Å²) >= 11 is 0.